The third-order valence-electron chi connectivity index (χ3n) is 12.8. The quantitative estimate of drug-likeness (QED) is 0.0344. The molecule has 0 N–H and O–H groups in total. The highest BCUT2D eigenvalue weighted by Crippen LogP contribution is 2.18. The van der Waals surface area contributed by atoms with Crippen LogP contribution in [0.3, 0.4) is 0 Å². The number of carbonyl (C=O) groups is 3. The van der Waals surface area contributed by atoms with Crippen LogP contribution in [0.5, 0.6) is 0 Å². The normalized spacial score (nSPS) is 12.0. The van der Waals surface area contributed by atoms with Crippen LogP contribution >= 0.6 is 0 Å². The van der Waals surface area contributed by atoms with E-state index in [0.717, 1.165) is 63.7 Å². The van der Waals surface area contributed by atoms with Gasteiger partial charge in [0, 0.05) is 19.3 Å². The number of rotatable bonds is 51. The van der Waals surface area contributed by atoms with Crippen LogP contribution in [0.1, 0.15) is 317 Å². The van der Waals surface area contributed by atoms with Crippen molar-refractivity contribution in [1.82, 2.24) is 0 Å². The highest BCUT2D eigenvalue weighted by Gasteiger charge is 2.19. The van der Waals surface area contributed by atoms with Gasteiger partial charge in [0.2, 0.25) is 0 Å². The molecule has 368 valence electrons. The molecule has 0 unspecified atom stereocenters. The highest BCUT2D eigenvalue weighted by atomic mass is 16.6. The average molecular weight is 877 g/mol. The maximum Gasteiger partial charge on any atom is 0.306 e. The summed E-state index contributed by atoms with van der Waals surface area (Å²) in [5.74, 6) is 0.00478. The first-order valence-corrected chi connectivity index (χ1v) is 27.9. The molecule has 62 heavy (non-hydrogen) atoms. The maximum absolute atomic E-state index is 12.8. The van der Waals surface area contributed by atoms with Gasteiger partial charge in [0.15, 0.2) is 6.10 Å². The molecule has 0 aliphatic rings. The molecule has 0 aliphatic heterocycles. The molecule has 0 fully saturated rings. The fourth-order valence-electron chi connectivity index (χ4n) is 8.57. The average Bonchev–Trinajstić information content (AvgIpc) is 3.26. The Morgan fingerprint density at radius 2 is 0.532 bits per heavy atom. The van der Waals surface area contributed by atoms with Gasteiger partial charge in [0.05, 0.1) is 0 Å². The molecule has 0 heterocycles. The molecule has 0 aromatic carbocycles. The van der Waals surface area contributed by atoms with E-state index in [4.69, 9.17) is 14.2 Å². The van der Waals surface area contributed by atoms with Gasteiger partial charge in [-0.15, -0.1) is 0 Å². The largest absolute Gasteiger partial charge is 0.462 e. The SMILES string of the molecule is CCCCCCCCCCCCCCCCCCC(=O)OC[C@H](COC(=O)CCCCCCCCCCCCC)OC(=O)CCCCCCCCCCCCCCCCC(C)C. The van der Waals surface area contributed by atoms with E-state index in [2.05, 4.69) is 27.7 Å². The van der Waals surface area contributed by atoms with Gasteiger partial charge in [-0.1, -0.05) is 278 Å². The van der Waals surface area contributed by atoms with Crippen molar-refractivity contribution in [3.63, 3.8) is 0 Å². The molecule has 0 radical (unpaired) electrons. The van der Waals surface area contributed by atoms with Crippen LogP contribution < -0.4 is 0 Å². The second-order valence-corrected chi connectivity index (χ2v) is 19.7. The predicted molar refractivity (Wildman–Crippen MR) is 266 cm³/mol. The molecular weight excluding hydrogens is 769 g/mol. The first-order chi connectivity index (χ1) is 30.4. The first kappa shape index (κ1) is 60.4. The number of hydrogen-bond donors (Lipinski definition) is 0. The number of ether oxygens (including phenoxy) is 3. The van der Waals surface area contributed by atoms with Gasteiger partial charge in [0.25, 0.3) is 0 Å². The summed E-state index contributed by atoms with van der Waals surface area (Å²) in [5.41, 5.74) is 0. The van der Waals surface area contributed by atoms with E-state index in [9.17, 15) is 14.4 Å². The zero-order valence-corrected chi connectivity index (χ0v) is 42.3. The van der Waals surface area contributed by atoms with Crippen LogP contribution in [0.25, 0.3) is 0 Å². The minimum absolute atomic E-state index is 0.0621. The van der Waals surface area contributed by atoms with Crippen molar-refractivity contribution >= 4 is 17.9 Å². The van der Waals surface area contributed by atoms with Crippen LogP contribution in [-0.2, 0) is 28.6 Å². The second-order valence-electron chi connectivity index (χ2n) is 19.7. The van der Waals surface area contributed by atoms with E-state index < -0.39 is 6.10 Å². The van der Waals surface area contributed by atoms with E-state index in [1.807, 2.05) is 0 Å². The number of carbonyl (C=O) groups excluding carboxylic acids is 3. The molecule has 0 spiro atoms. The Morgan fingerprint density at radius 1 is 0.306 bits per heavy atom. The van der Waals surface area contributed by atoms with Gasteiger partial charge < -0.3 is 14.2 Å². The molecule has 1 atom stereocenters. The Labute approximate surface area is 387 Å². The molecule has 0 amide bonds. The van der Waals surface area contributed by atoms with E-state index in [0.29, 0.717) is 19.3 Å². The van der Waals surface area contributed by atoms with E-state index in [1.54, 1.807) is 0 Å². The van der Waals surface area contributed by atoms with Crippen molar-refractivity contribution in [2.24, 2.45) is 5.92 Å². The molecular formula is C56H108O6. The Bertz CT molecular complexity index is 933. The highest BCUT2D eigenvalue weighted by molar-refractivity contribution is 5.71. The van der Waals surface area contributed by atoms with Gasteiger partial charge in [-0.3, -0.25) is 14.4 Å². The van der Waals surface area contributed by atoms with E-state index in [1.165, 1.54) is 212 Å². The second kappa shape index (κ2) is 50.4. The third-order valence-corrected chi connectivity index (χ3v) is 12.8. The van der Waals surface area contributed by atoms with Gasteiger partial charge in [-0.2, -0.15) is 0 Å². The molecule has 0 bridgehead atoms. The Kier molecular flexibility index (Phi) is 49.1. The standard InChI is InChI=1S/C56H108O6/c1-5-7-9-11-13-15-17-18-19-20-24-28-32-36-40-44-48-55(58)61-51-53(50-60-54(57)47-43-39-35-31-26-16-14-12-10-8-6-2)62-56(59)49-45-41-37-33-29-25-22-21-23-27-30-34-38-42-46-52(3)4/h52-53H,5-51H2,1-4H3/t53-/m0/s1. The summed E-state index contributed by atoms with van der Waals surface area (Å²) in [6, 6.07) is 0. The number of hydrogen-bond acceptors (Lipinski definition) is 6. The summed E-state index contributed by atoms with van der Waals surface area (Å²) in [6.07, 6.45) is 53.7. The molecule has 0 aromatic heterocycles. The fraction of sp³-hybridized carbons (Fsp3) is 0.946. The lowest BCUT2D eigenvalue weighted by Gasteiger charge is -2.18. The van der Waals surface area contributed by atoms with Crippen molar-refractivity contribution < 1.29 is 28.6 Å². The lowest BCUT2D eigenvalue weighted by molar-refractivity contribution is -0.167. The summed E-state index contributed by atoms with van der Waals surface area (Å²) >= 11 is 0. The van der Waals surface area contributed by atoms with Crippen LogP contribution in [0, 0.1) is 5.92 Å². The minimum Gasteiger partial charge on any atom is -0.462 e. The van der Waals surface area contributed by atoms with Crippen LogP contribution in [-0.4, -0.2) is 37.2 Å². The smallest absolute Gasteiger partial charge is 0.306 e. The predicted octanol–water partition coefficient (Wildman–Crippen LogP) is 18.2. The molecule has 6 heteroatoms. The molecule has 6 nitrogen and oxygen atoms in total. The lowest BCUT2D eigenvalue weighted by Crippen LogP contribution is -2.30. The lowest BCUT2D eigenvalue weighted by atomic mass is 10.0. The first-order valence-electron chi connectivity index (χ1n) is 27.9. The van der Waals surface area contributed by atoms with Crippen LogP contribution in [0.2, 0.25) is 0 Å². The zero-order valence-electron chi connectivity index (χ0n) is 42.3. The summed E-state index contributed by atoms with van der Waals surface area (Å²) in [6.45, 7) is 9.05. The minimum atomic E-state index is -0.761. The van der Waals surface area contributed by atoms with E-state index >= 15 is 0 Å². The molecule has 0 rings (SSSR count). The molecule has 0 aliphatic carbocycles. The Balaban J connectivity index is 4.27. The van der Waals surface area contributed by atoms with Crippen molar-refractivity contribution in [1.29, 1.82) is 0 Å². The van der Waals surface area contributed by atoms with Gasteiger partial charge >= 0.3 is 17.9 Å². The molecule has 0 saturated heterocycles. The molecule has 0 saturated carbocycles. The summed E-state index contributed by atoms with van der Waals surface area (Å²) in [5, 5.41) is 0. The molecule has 0 aromatic rings. The zero-order chi connectivity index (χ0) is 45.2. The van der Waals surface area contributed by atoms with Crippen molar-refractivity contribution in [2.75, 3.05) is 13.2 Å². The summed E-state index contributed by atoms with van der Waals surface area (Å²) < 4.78 is 16.9. The van der Waals surface area contributed by atoms with Crippen molar-refractivity contribution in [3.8, 4) is 0 Å². The van der Waals surface area contributed by atoms with E-state index in [-0.39, 0.29) is 31.1 Å². The van der Waals surface area contributed by atoms with Crippen molar-refractivity contribution in [2.45, 2.75) is 323 Å². The number of esters is 3. The van der Waals surface area contributed by atoms with Crippen molar-refractivity contribution in [3.05, 3.63) is 0 Å². The Morgan fingerprint density at radius 3 is 0.790 bits per heavy atom. The summed E-state index contributed by atoms with van der Waals surface area (Å²) in [4.78, 5) is 38.0. The summed E-state index contributed by atoms with van der Waals surface area (Å²) in [7, 11) is 0. The van der Waals surface area contributed by atoms with Crippen LogP contribution in [0.4, 0.5) is 0 Å². The van der Waals surface area contributed by atoms with Crippen LogP contribution in [0.15, 0.2) is 0 Å². The van der Waals surface area contributed by atoms with Gasteiger partial charge in [0.1, 0.15) is 13.2 Å². The van der Waals surface area contributed by atoms with Gasteiger partial charge in [-0.05, 0) is 25.2 Å². The monoisotopic (exact) mass is 877 g/mol. The maximum atomic E-state index is 12.8. The Hall–Kier alpha value is -1.59. The third kappa shape index (κ3) is 49.4. The van der Waals surface area contributed by atoms with Gasteiger partial charge in [-0.25, -0.2) is 0 Å². The topological polar surface area (TPSA) is 78.9 Å². The fourth-order valence-corrected chi connectivity index (χ4v) is 8.57. The number of unbranched alkanes of at least 4 members (excludes halogenated alkanes) is 38.